The Bertz CT molecular complexity index is 603. The van der Waals surface area contributed by atoms with Gasteiger partial charge >= 0.3 is 0 Å². The van der Waals surface area contributed by atoms with Crippen molar-refractivity contribution in [2.75, 3.05) is 24.6 Å². The van der Waals surface area contributed by atoms with E-state index in [1.807, 2.05) is 32.0 Å². The van der Waals surface area contributed by atoms with Crippen molar-refractivity contribution in [2.24, 2.45) is 5.92 Å². The van der Waals surface area contributed by atoms with Crippen molar-refractivity contribution >= 4 is 17.5 Å². The highest BCUT2D eigenvalue weighted by molar-refractivity contribution is 6.02. The smallest absolute Gasteiger partial charge is 0.265 e. The highest BCUT2D eigenvalue weighted by Gasteiger charge is 2.28. The summed E-state index contributed by atoms with van der Waals surface area (Å²) in [4.78, 5) is 25.8. The molecular weight excluding hydrogens is 292 g/mol. The summed E-state index contributed by atoms with van der Waals surface area (Å²) < 4.78 is 5.49. The molecular formula is C18H26N2O3. The standard InChI is InChI=1S/C18H26N2O3/c1-12(2)9-19-16(21)10-20-14-8-13(18(3,4)5)6-7-15(14)23-11-17(20)22/h6-8,12H,9-11H2,1-5H3,(H,19,21). The molecule has 1 aromatic rings. The molecule has 1 aromatic carbocycles. The maximum Gasteiger partial charge on any atom is 0.265 e. The second kappa shape index (κ2) is 6.60. The second-order valence-corrected chi connectivity index (χ2v) is 7.40. The van der Waals surface area contributed by atoms with E-state index in [2.05, 4.69) is 26.1 Å². The zero-order chi connectivity index (χ0) is 17.2. The van der Waals surface area contributed by atoms with Crippen LogP contribution in [0.25, 0.3) is 0 Å². The van der Waals surface area contributed by atoms with Crippen LogP contribution in [0, 0.1) is 5.92 Å². The first-order chi connectivity index (χ1) is 10.7. The number of hydrogen-bond donors (Lipinski definition) is 1. The average molecular weight is 318 g/mol. The van der Waals surface area contributed by atoms with E-state index in [1.54, 1.807) is 0 Å². The van der Waals surface area contributed by atoms with Crippen LogP contribution in [-0.4, -0.2) is 31.5 Å². The Labute approximate surface area is 138 Å². The molecule has 0 saturated carbocycles. The van der Waals surface area contributed by atoms with Crippen LogP contribution < -0.4 is 15.0 Å². The number of benzene rings is 1. The third-order valence-electron chi connectivity index (χ3n) is 3.78. The minimum Gasteiger partial charge on any atom is -0.482 e. The summed E-state index contributed by atoms with van der Waals surface area (Å²) in [6.07, 6.45) is 0. The van der Waals surface area contributed by atoms with Gasteiger partial charge in [0.15, 0.2) is 6.61 Å². The van der Waals surface area contributed by atoms with Crippen molar-refractivity contribution in [1.29, 1.82) is 0 Å². The van der Waals surface area contributed by atoms with Crippen molar-refractivity contribution in [3.05, 3.63) is 23.8 Å². The molecule has 5 heteroatoms. The fourth-order valence-electron chi connectivity index (χ4n) is 2.36. The largest absolute Gasteiger partial charge is 0.482 e. The van der Waals surface area contributed by atoms with Gasteiger partial charge in [-0.1, -0.05) is 40.7 Å². The van der Waals surface area contributed by atoms with Gasteiger partial charge in [0.2, 0.25) is 5.91 Å². The third kappa shape index (κ3) is 4.24. The molecule has 0 spiro atoms. The predicted octanol–water partition coefficient (Wildman–Crippen LogP) is 2.48. The summed E-state index contributed by atoms with van der Waals surface area (Å²) in [5.74, 6) is 0.678. The van der Waals surface area contributed by atoms with E-state index in [-0.39, 0.29) is 30.4 Å². The molecule has 1 aliphatic rings. The maximum atomic E-state index is 12.2. The summed E-state index contributed by atoms with van der Waals surface area (Å²) in [6.45, 7) is 11.0. The monoisotopic (exact) mass is 318 g/mol. The van der Waals surface area contributed by atoms with E-state index in [0.717, 1.165) is 5.56 Å². The molecule has 1 aliphatic heterocycles. The fourth-order valence-corrected chi connectivity index (χ4v) is 2.36. The third-order valence-corrected chi connectivity index (χ3v) is 3.78. The van der Waals surface area contributed by atoms with Crippen LogP contribution in [0.3, 0.4) is 0 Å². The summed E-state index contributed by atoms with van der Waals surface area (Å²) >= 11 is 0. The van der Waals surface area contributed by atoms with Crippen LogP contribution in [0.4, 0.5) is 5.69 Å². The average Bonchev–Trinajstić information content (AvgIpc) is 2.46. The molecule has 0 atom stereocenters. The highest BCUT2D eigenvalue weighted by atomic mass is 16.5. The second-order valence-electron chi connectivity index (χ2n) is 7.40. The van der Waals surface area contributed by atoms with Crippen molar-refractivity contribution < 1.29 is 14.3 Å². The van der Waals surface area contributed by atoms with E-state index < -0.39 is 0 Å². The van der Waals surface area contributed by atoms with Gasteiger partial charge in [0.25, 0.3) is 5.91 Å². The lowest BCUT2D eigenvalue weighted by atomic mass is 9.86. The first-order valence-electron chi connectivity index (χ1n) is 8.03. The lowest BCUT2D eigenvalue weighted by Crippen LogP contribution is -2.45. The summed E-state index contributed by atoms with van der Waals surface area (Å²) in [5.41, 5.74) is 1.73. The van der Waals surface area contributed by atoms with E-state index in [4.69, 9.17) is 4.74 Å². The number of nitrogens with zero attached hydrogens (tertiary/aromatic N) is 1. The number of amides is 2. The Kier molecular flexibility index (Phi) is 4.97. The number of nitrogens with one attached hydrogen (secondary N) is 1. The van der Waals surface area contributed by atoms with Gasteiger partial charge in [0.05, 0.1) is 5.69 Å². The molecule has 0 saturated heterocycles. The van der Waals surface area contributed by atoms with Crippen LogP contribution in [-0.2, 0) is 15.0 Å². The molecule has 5 nitrogen and oxygen atoms in total. The molecule has 0 radical (unpaired) electrons. The van der Waals surface area contributed by atoms with Crippen LogP contribution in [0.5, 0.6) is 5.75 Å². The number of carbonyl (C=O) groups is 2. The number of fused-ring (bicyclic) bond motifs is 1. The summed E-state index contributed by atoms with van der Waals surface area (Å²) in [7, 11) is 0. The lowest BCUT2D eigenvalue weighted by molar-refractivity contribution is -0.125. The van der Waals surface area contributed by atoms with E-state index in [1.165, 1.54) is 4.90 Å². The molecule has 1 heterocycles. The van der Waals surface area contributed by atoms with Gasteiger partial charge in [-0.25, -0.2) is 0 Å². The first kappa shape index (κ1) is 17.3. The molecule has 2 rings (SSSR count). The fraction of sp³-hybridized carbons (Fsp3) is 0.556. The molecule has 0 aromatic heterocycles. The Morgan fingerprint density at radius 1 is 1.35 bits per heavy atom. The predicted molar refractivity (Wildman–Crippen MR) is 90.8 cm³/mol. The normalized spacial score (nSPS) is 14.5. The van der Waals surface area contributed by atoms with Crippen molar-refractivity contribution in [3.63, 3.8) is 0 Å². The SMILES string of the molecule is CC(C)CNC(=O)CN1C(=O)COc2ccc(C(C)(C)C)cc21. The summed E-state index contributed by atoms with van der Waals surface area (Å²) in [5, 5.41) is 2.85. The Hall–Kier alpha value is -2.04. The minimum absolute atomic E-state index is 0.0233. The molecule has 2 amide bonds. The zero-order valence-electron chi connectivity index (χ0n) is 14.6. The maximum absolute atomic E-state index is 12.2. The van der Waals surface area contributed by atoms with Gasteiger partial charge in [-0.3, -0.25) is 14.5 Å². The van der Waals surface area contributed by atoms with Gasteiger partial charge in [0.1, 0.15) is 12.3 Å². The molecule has 0 unspecified atom stereocenters. The molecule has 0 fully saturated rings. The number of ether oxygens (including phenoxy) is 1. The number of carbonyl (C=O) groups excluding carboxylic acids is 2. The molecule has 23 heavy (non-hydrogen) atoms. The van der Waals surface area contributed by atoms with Gasteiger partial charge in [-0.05, 0) is 29.0 Å². The van der Waals surface area contributed by atoms with Gasteiger partial charge in [0, 0.05) is 6.54 Å². The van der Waals surface area contributed by atoms with E-state index in [0.29, 0.717) is 23.9 Å². The van der Waals surface area contributed by atoms with Crippen LogP contribution >= 0.6 is 0 Å². The van der Waals surface area contributed by atoms with Crippen LogP contribution in [0.1, 0.15) is 40.2 Å². The van der Waals surface area contributed by atoms with Gasteiger partial charge in [-0.15, -0.1) is 0 Å². The van der Waals surface area contributed by atoms with Crippen LogP contribution in [0.2, 0.25) is 0 Å². The quantitative estimate of drug-likeness (QED) is 0.928. The zero-order valence-corrected chi connectivity index (χ0v) is 14.6. The Morgan fingerprint density at radius 3 is 2.65 bits per heavy atom. The summed E-state index contributed by atoms with van der Waals surface area (Å²) in [6, 6.07) is 5.83. The van der Waals surface area contributed by atoms with Crippen molar-refractivity contribution in [1.82, 2.24) is 5.32 Å². The highest BCUT2D eigenvalue weighted by Crippen LogP contribution is 2.36. The Balaban J connectivity index is 2.24. The van der Waals surface area contributed by atoms with Crippen molar-refractivity contribution in [3.8, 4) is 5.75 Å². The molecule has 0 aliphatic carbocycles. The van der Waals surface area contributed by atoms with E-state index >= 15 is 0 Å². The molecule has 1 N–H and O–H groups in total. The Morgan fingerprint density at radius 2 is 2.04 bits per heavy atom. The van der Waals surface area contributed by atoms with E-state index in [9.17, 15) is 9.59 Å². The number of hydrogen-bond acceptors (Lipinski definition) is 3. The van der Waals surface area contributed by atoms with Crippen LogP contribution in [0.15, 0.2) is 18.2 Å². The topological polar surface area (TPSA) is 58.6 Å². The number of anilines is 1. The first-order valence-corrected chi connectivity index (χ1v) is 8.03. The molecule has 126 valence electrons. The lowest BCUT2D eigenvalue weighted by Gasteiger charge is -2.31. The van der Waals surface area contributed by atoms with Gasteiger partial charge < -0.3 is 10.1 Å². The van der Waals surface area contributed by atoms with Crippen molar-refractivity contribution in [2.45, 2.75) is 40.0 Å². The molecule has 0 bridgehead atoms. The minimum atomic E-state index is -0.191. The van der Waals surface area contributed by atoms with Gasteiger partial charge in [-0.2, -0.15) is 0 Å². The number of rotatable bonds is 4.